The van der Waals surface area contributed by atoms with E-state index in [1.807, 2.05) is 12.4 Å². The molecule has 0 spiro atoms. The number of nitrogens with zero attached hydrogens (tertiary/aromatic N) is 2. The summed E-state index contributed by atoms with van der Waals surface area (Å²) in [5.41, 5.74) is 3.74. The molecule has 0 saturated heterocycles. The molecule has 0 radical (unpaired) electrons. The molecule has 0 atom stereocenters. The minimum absolute atomic E-state index is 0.613. The van der Waals surface area contributed by atoms with Crippen LogP contribution < -0.4 is 0 Å². The summed E-state index contributed by atoms with van der Waals surface area (Å²) >= 11 is 0. The molecule has 1 heterocycles. The quantitative estimate of drug-likeness (QED) is 0.321. The zero-order valence-corrected chi connectivity index (χ0v) is 19.0. The molecule has 2 nitrogen and oxygen atoms in total. The number of unbranched alkanes of at least 4 members (excludes halogenated alkanes) is 4. The minimum Gasteiger partial charge on any atom is -0.229 e. The number of hydrogen-bond donors (Lipinski definition) is 0. The predicted molar refractivity (Wildman–Crippen MR) is 127 cm³/mol. The Morgan fingerprint density at radius 2 is 1.50 bits per heavy atom. The molecule has 2 aromatic rings. The van der Waals surface area contributed by atoms with Crippen LogP contribution in [0.1, 0.15) is 113 Å². The Hall–Kier alpha value is -2.14. The molecule has 1 aromatic carbocycles. The lowest BCUT2D eigenvalue weighted by atomic mass is 9.77. The summed E-state index contributed by atoms with van der Waals surface area (Å²) < 4.78 is 0. The van der Waals surface area contributed by atoms with E-state index in [4.69, 9.17) is 0 Å². The zero-order chi connectivity index (χ0) is 21.0. The standard InChI is InChI=1S/C28H38N2/c1-3-5-7-8-10-25-21-29-28(30-22-25)20-15-24-13-18-27(19-14-24)26-16-11-23(12-17-26)9-6-4-2/h13-14,18-19,21-23,26H,3-12,16-17H2,1-2H3/t23-,26-. The van der Waals surface area contributed by atoms with Gasteiger partial charge in [0.25, 0.3) is 0 Å². The summed E-state index contributed by atoms with van der Waals surface area (Å²) in [6.45, 7) is 4.54. The van der Waals surface area contributed by atoms with Gasteiger partial charge in [-0.1, -0.05) is 70.4 Å². The van der Waals surface area contributed by atoms with E-state index in [2.05, 4.69) is 59.9 Å². The highest BCUT2D eigenvalue weighted by Crippen LogP contribution is 2.37. The maximum Gasteiger partial charge on any atom is 0.205 e. The third kappa shape index (κ3) is 7.28. The first-order chi connectivity index (χ1) is 14.8. The van der Waals surface area contributed by atoms with Crippen LogP contribution in [0.5, 0.6) is 0 Å². The molecule has 1 aliphatic carbocycles. The van der Waals surface area contributed by atoms with Gasteiger partial charge in [0.1, 0.15) is 0 Å². The summed E-state index contributed by atoms with van der Waals surface area (Å²) in [5.74, 6) is 8.66. The lowest BCUT2D eigenvalue weighted by Crippen LogP contribution is -2.13. The van der Waals surface area contributed by atoms with Crippen LogP contribution in [0.3, 0.4) is 0 Å². The van der Waals surface area contributed by atoms with Gasteiger partial charge in [-0.15, -0.1) is 0 Å². The minimum atomic E-state index is 0.613. The Morgan fingerprint density at radius 3 is 2.17 bits per heavy atom. The second-order valence-corrected chi connectivity index (χ2v) is 8.96. The van der Waals surface area contributed by atoms with Gasteiger partial charge in [-0.3, -0.25) is 0 Å². The van der Waals surface area contributed by atoms with Gasteiger partial charge >= 0.3 is 0 Å². The molecular formula is C28H38N2. The second kappa shape index (κ2) is 12.5. The van der Waals surface area contributed by atoms with E-state index in [-0.39, 0.29) is 0 Å². The number of aryl methyl sites for hydroxylation is 1. The number of benzene rings is 1. The number of aromatic nitrogens is 2. The Morgan fingerprint density at radius 1 is 0.800 bits per heavy atom. The van der Waals surface area contributed by atoms with Crippen molar-refractivity contribution in [2.75, 3.05) is 0 Å². The maximum absolute atomic E-state index is 4.43. The van der Waals surface area contributed by atoms with Crippen molar-refractivity contribution in [3.63, 3.8) is 0 Å². The van der Waals surface area contributed by atoms with E-state index in [9.17, 15) is 0 Å². The first kappa shape index (κ1) is 22.5. The summed E-state index contributed by atoms with van der Waals surface area (Å²) in [4.78, 5) is 8.85. The van der Waals surface area contributed by atoms with Crippen molar-refractivity contribution in [3.8, 4) is 11.8 Å². The first-order valence-electron chi connectivity index (χ1n) is 12.2. The molecule has 30 heavy (non-hydrogen) atoms. The topological polar surface area (TPSA) is 25.8 Å². The number of hydrogen-bond acceptors (Lipinski definition) is 2. The highest BCUT2D eigenvalue weighted by atomic mass is 14.8. The monoisotopic (exact) mass is 402 g/mol. The Balaban J connectivity index is 1.49. The third-order valence-corrected chi connectivity index (χ3v) is 6.54. The lowest BCUT2D eigenvalue weighted by molar-refractivity contribution is 0.304. The van der Waals surface area contributed by atoms with Crippen molar-refractivity contribution < 1.29 is 0 Å². The fourth-order valence-electron chi connectivity index (χ4n) is 4.55. The van der Waals surface area contributed by atoms with E-state index < -0.39 is 0 Å². The molecule has 2 heteroatoms. The smallest absolute Gasteiger partial charge is 0.205 e. The van der Waals surface area contributed by atoms with Crippen LogP contribution in [-0.2, 0) is 6.42 Å². The molecule has 1 aromatic heterocycles. The molecule has 0 bridgehead atoms. The SMILES string of the molecule is CCCCCCc1cnc(C#Cc2ccc([C@H]3CC[C@H](CCCC)CC3)cc2)nc1. The van der Waals surface area contributed by atoms with Gasteiger partial charge in [0.15, 0.2) is 0 Å². The van der Waals surface area contributed by atoms with Crippen molar-refractivity contribution in [1.29, 1.82) is 0 Å². The molecular weight excluding hydrogens is 364 g/mol. The molecule has 0 unspecified atom stereocenters. The van der Waals surface area contributed by atoms with Crippen LogP contribution in [0.4, 0.5) is 0 Å². The zero-order valence-electron chi connectivity index (χ0n) is 19.0. The van der Waals surface area contributed by atoms with Crippen LogP contribution in [0.15, 0.2) is 36.7 Å². The average molecular weight is 403 g/mol. The summed E-state index contributed by atoms with van der Waals surface area (Å²) in [6, 6.07) is 8.88. The highest BCUT2D eigenvalue weighted by molar-refractivity contribution is 5.40. The van der Waals surface area contributed by atoms with Crippen molar-refractivity contribution in [2.24, 2.45) is 5.92 Å². The fraction of sp³-hybridized carbons (Fsp3) is 0.571. The number of rotatable bonds is 9. The first-order valence-corrected chi connectivity index (χ1v) is 12.2. The Bertz CT molecular complexity index is 787. The predicted octanol–water partition coefficient (Wildman–Crippen LogP) is 7.46. The summed E-state index contributed by atoms with van der Waals surface area (Å²) in [7, 11) is 0. The normalized spacial score (nSPS) is 18.6. The van der Waals surface area contributed by atoms with Crippen LogP contribution in [0, 0.1) is 17.8 Å². The largest absolute Gasteiger partial charge is 0.229 e. The van der Waals surface area contributed by atoms with E-state index in [0.29, 0.717) is 5.82 Å². The van der Waals surface area contributed by atoms with Gasteiger partial charge < -0.3 is 0 Å². The molecule has 0 aliphatic heterocycles. The van der Waals surface area contributed by atoms with E-state index in [1.165, 1.54) is 81.8 Å². The van der Waals surface area contributed by atoms with Gasteiger partial charge in [-0.05, 0) is 79.5 Å². The van der Waals surface area contributed by atoms with Crippen LogP contribution in [0.2, 0.25) is 0 Å². The average Bonchev–Trinajstić information content (AvgIpc) is 2.81. The Labute approximate surface area is 183 Å². The van der Waals surface area contributed by atoms with E-state index in [1.54, 1.807) is 0 Å². The third-order valence-electron chi connectivity index (χ3n) is 6.54. The van der Waals surface area contributed by atoms with Crippen molar-refractivity contribution in [1.82, 2.24) is 9.97 Å². The van der Waals surface area contributed by atoms with Gasteiger partial charge in [0.2, 0.25) is 5.82 Å². The van der Waals surface area contributed by atoms with Gasteiger partial charge in [0.05, 0.1) is 0 Å². The van der Waals surface area contributed by atoms with Gasteiger partial charge in [-0.2, -0.15) is 0 Å². The van der Waals surface area contributed by atoms with Crippen molar-refractivity contribution in [2.45, 2.75) is 96.8 Å². The van der Waals surface area contributed by atoms with Gasteiger partial charge in [-0.25, -0.2) is 9.97 Å². The van der Waals surface area contributed by atoms with Crippen molar-refractivity contribution >= 4 is 0 Å². The fourth-order valence-corrected chi connectivity index (χ4v) is 4.55. The molecule has 1 aliphatic rings. The highest BCUT2D eigenvalue weighted by Gasteiger charge is 2.21. The Kier molecular flexibility index (Phi) is 9.42. The van der Waals surface area contributed by atoms with Crippen LogP contribution >= 0.6 is 0 Å². The maximum atomic E-state index is 4.43. The molecule has 0 amide bonds. The summed E-state index contributed by atoms with van der Waals surface area (Å²) in [5, 5.41) is 0. The second-order valence-electron chi connectivity index (χ2n) is 8.96. The van der Waals surface area contributed by atoms with E-state index >= 15 is 0 Å². The van der Waals surface area contributed by atoms with Crippen LogP contribution in [0.25, 0.3) is 0 Å². The molecule has 1 saturated carbocycles. The molecule has 3 rings (SSSR count). The molecule has 160 valence electrons. The van der Waals surface area contributed by atoms with Gasteiger partial charge in [0, 0.05) is 18.0 Å². The molecule has 1 fully saturated rings. The summed E-state index contributed by atoms with van der Waals surface area (Å²) in [6.07, 6.45) is 19.7. The van der Waals surface area contributed by atoms with E-state index in [0.717, 1.165) is 23.8 Å². The lowest BCUT2D eigenvalue weighted by Gasteiger charge is -2.28. The van der Waals surface area contributed by atoms with Crippen LogP contribution in [-0.4, -0.2) is 9.97 Å². The van der Waals surface area contributed by atoms with Crippen molar-refractivity contribution in [3.05, 3.63) is 59.2 Å². The molecule has 0 N–H and O–H groups in total.